The van der Waals surface area contributed by atoms with E-state index in [1.807, 2.05) is 0 Å². The van der Waals surface area contributed by atoms with Crippen LogP contribution in [-0.2, 0) is 9.59 Å². The Morgan fingerprint density at radius 1 is 1.18 bits per heavy atom. The lowest BCUT2D eigenvalue weighted by molar-refractivity contribution is -0.127. The van der Waals surface area contributed by atoms with Gasteiger partial charge in [-0.2, -0.15) is 8.78 Å². The number of rotatable bonds is 8. The Morgan fingerprint density at radius 3 is 2.74 bits per heavy atom. The Kier molecular flexibility index (Phi) is 6.87. The molecule has 0 radical (unpaired) electrons. The number of hydrogen-bond acceptors (Lipinski definition) is 8. The first kappa shape index (κ1) is 23.4. The zero-order chi connectivity index (χ0) is 24.2. The number of carbonyl (C=O) groups excluding carboxylic acids is 3. The molecule has 12 heteroatoms. The smallest absolute Gasteiger partial charge is 0.387 e. The number of carbonyl (C=O) groups is 3. The Hall–Kier alpha value is -3.80. The van der Waals surface area contributed by atoms with Gasteiger partial charge in [0.2, 0.25) is 12.7 Å². The summed E-state index contributed by atoms with van der Waals surface area (Å²) >= 11 is 0.665. The average molecular weight is 492 g/mol. The molecule has 1 N–H and O–H groups in total. The highest BCUT2D eigenvalue weighted by molar-refractivity contribution is 8.18. The van der Waals surface area contributed by atoms with Crippen LogP contribution in [0.15, 0.2) is 41.3 Å². The van der Waals surface area contributed by atoms with Crippen molar-refractivity contribution in [2.24, 2.45) is 0 Å². The monoisotopic (exact) mass is 492 g/mol. The molecule has 1 fully saturated rings. The van der Waals surface area contributed by atoms with E-state index in [1.54, 1.807) is 25.1 Å². The van der Waals surface area contributed by atoms with Gasteiger partial charge in [0.05, 0.1) is 11.5 Å². The average Bonchev–Trinajstić information content (AvgIpc) is 3.35. The molecule has 2 aliphatic rings. The molecule has 0 unspecified atom stereocenters. The lowest BCUT2D eigenvalue weighted by atomic mass is 10.2. The van der Waals surface area contributed by atoms with Crippen LogP contribution < -0.4 is 24.3 Å². The Balaban J connectivity index is 1.44. The van der Waals surface area contributed by atoms with Gasteiger partial charge in [-0.1, -0.05) is 6.07 Å². The van der Waals surface area contributed by atoms with Gasteiger partial charge >= 0.3 is 6.61 Å². The number of alkyl halides is 2. The molecule has 0 spiro atoms. The number of benzene rings is 2. The topological polar surface area (TPSA) is 103 Å². The molecule has 2 aliphatic heterocycles. The normalized spacial score (nSPS) is 15.9. The predicted octanol–water partition coefficient (Wildman–Crippen LogP) is 4.09. The van der Waals surface area contributed by atoms with Crippen LogP contribution in [-0.4, -0.2) is 48.5 Å². The highest BCUT2D eigenvalue weighted by Crippen LogP contribution is 2.36. The molecule has 0 atom stereocenters. The number of nitrogens with zero attached hydrogens (tertiary/aromatic N) is 1. The summed E-state index contributed by atoms with van der Waals surface area (Å²) in [5.74, 6) is -0.281. The summed E-state index contributed by atoms with van der Waals surface area (Å²) in [6.07, 6.45) is 1.41. The molecule has 3 amide bonds. The second-order valence-corrected chi connectivity index (χ2v) is 7.89. The Bertz CT molecular complexity index is 1170. The van der Waals surface area contributed by atoms with Crippen molar-refractivity contribution in [1.82, 2.24) is 4.90 Å². The van der Waals surface area contributed by atoms with E-state index in [1.165, 1.54) is 24.3 Å². The van der Waals surface area contributed by atoms with Crippen LogP contribution in [0.1, 0.15) is 12.5 Å². The molecule has 0 bridgehead atoms. The van der Waals surface area contributed by atoms with Crippen molar-refractivity contribution in [2.75, 3.05) is 25.3 Å². The number of nitrogens with one attached hydrogen (secondary N) is 1. The summed E-state index contributed by atoms with van der Waals surface area (Å²) in [5.41, 5.74) is 0.853. The fourth-order valence-electron chi connectivity index (χ4n) is 3.18. The van der Waals surface area contributed by atoms with E-state index < -0.39 is 30.2 Å². The number of anilines is 1. The number of ether oxygens (including phenoxy) is 4. The molecular formula is C22H18F2N2O7S. The van der Waals surface area contributed by atoms with E-state index in [9.17, 15) is 23.2 Å². The zero-order valence-corrected chi connectivity index (χ0v) is 18.5. The van der Waals surface area contributed by atoms with Crippen LogP contribution in [0.3, 0.4) is 0 Å². The van der Waals surface area contributed by atoms with Crippen molar-refractivity contribution < 1.29 is 42.1 Å². The van der Waals surface area contributed by atoms with Crippen LogP contribution >= 0.6 is 11.8 Å². The van der Waals surface area contributed by atoms with Crippen LogP contribution in [0.5, 0.6) is 23.0 Å². The van der Waals surface area contributed by atoms with E-state index in [-0.39, 0.29) is 29.8 Å². The molecule has 4 rings (SSSR count). The quantitative estimate of drug-likeness (QED) is 0.550. The third-order valence-corrected chi connectivity index (χ3v) is 5.52. The minimum Gasteiger partial charge on any atom is -0.490 e. The van der Waals surface area contributed by atoms with Gasteiger partial charge in [0.1, 0.15) is 6.54 Å². The summed E-state index contributed by atoms with van der Waals surface area (Å²) in [6.45, 7) is -1.53. The standard InChI is InChI=1S/C22H18F2N2O7S/c1-2-30-16-7-12(3-5-15(16)33-21(23)24)8-18-20(28)26(22(29)34-18)10-19(27)25-13-4-6-14-17(9-13)32-11-31-14/h3-9,21H,2,10-11H2,1H3,(H,25,27)/b18-8-. The highest BCUT2D eigenvalue weighted by Gasteiger charge is 2.36. The van der Waals surface area contributed by atoms with Gasteiger partial charge in [0.25, 0.3) is 11.1 Å². The lowest BCUT2D eigenvalue weighted by Crippen LogP contribution is -2.36. The van der Waals surface area contributed by atoms with Gasteiger partial charge in [-0.25, -0.2) is 0 Å². The first-order valence-corrected chi connectivity index (χ1v) is 10.8. The molecule has 34 heavy (non-hydrogen) atoms. The molecular weight excluding hydrogens is 474 g/mol. The van der Waals surface area contributed by atoms with E-state index >= 15 is 0 Å². The minimum atomic E-state index is -3.02. The van der Waals surface area contributed by atoms with Crippen LogP contribution in [0.25, 0.3) is 6.08 Å². The number of thioether (sulfide) groups is 1. The fraction of sp³-hybridized carbons (Fsp3) is 0.227. The number of hydrogen-bond donors (Lipinski definition) is 1. The Labute approximate surface area is 196 Å². The minimum absolute atomic E-state index is 0.0684. The molecule has 2 aromatic rings. The summed E-state index contributed by atoms with van der Waals surface area (Å²) in [6, 6.07) is 8.96. The van der Waals surface area contributed by atoms with Crippen LogP contribution in [0.2, 0.25) is 0 Å². The van der Waals surface area contributed by atoms with E-state index in [0.29, 0.717) is 34.5 Å². The second kappa shape index (κ2) is 10.00. The largest absolute Gasteiger partial charge is 0.490 e. The van der Waals surface area contributed by atoms with E-state index in [2.05, 4.69) is 10.1 Å². The van der Waals surface area contributed by atoms with Gasteiger partial charge in [0.15, 0.2) is 23.0 Å². The summed E-state index contributed by atoms with van der Waals surface area (Å²) in [5, 5.41) is 2.00. The van der Waals surface area contributed by atoms with Gasteiger partial charge in [0, 0.05) is 11.8 Å². The zero-order valence-electron chi connectivity index (χ0n) is 17.7. The summed E-state index contributed by atoms with van der Waals surface area (Å²) in [4.78, 5) is 38.4. The Morgan fingerprint density at radius 2 is 1.97 bits per heavy atom. The van der Waals surface area contributed by atoms with Gasteiger partial charge in [-0.3, -0.25) is 19.3 Å². The second-order valence-electron chi connectivity index (χ2n) is 6.90. The maximum Gasteiger partial charge on any atom is 0.387 e. The summed E-state index contributed by atoms with van der Waals surface area (Å²) < 4.78 is 45.4. The van der Waals surface area contributed by atoms with E-state index in [4.69, 9.17) is 14.2 Å². The first-order chi connectivity index (χ1) is 16.3. The van der Waals surface area contributed by atoms with Crippen LogP contribution in [0.4, 0.5) is 19.3 Å². The predicted molar refractivity (Wildman–Crippen MR) is 118 cm³/mol. The molecule has 1 saturated heterocycles. The lowest BCUT2D eigenvalue weighted by Gasteiger charge is -2.13. The molecule has 178 valence electrons. The summed E-state index contributed by atoms with van der Waals surface area (Å²) in [7, 11) is 0. The number of imide groups is 1. The van der Waals surface area contributed by atoms with Gasteiger partial charge in [-0.15, -0.1) is 0 Å². The van der Waals surface area contributed by atoms with Crippen molar-refractivity contribution in [3.8, 4) is 23.0 Å². The van der Waals surface area contributed by atoms with Crippen molar-refractivity contribution in [2.45, 2.75) is 13.5 Å². The molecule has 0 saturated carbocycles. The van der Waals surface area contributed by atoms with Gasteiger partial charge < -0.3 is 24.3 Å². The van der Waals surface area contributed by atoms with Crippen molar-refractivity contribution >= 4 is 40.6 Å². The molecule has 2 heterocycles. The molecule has 0 aliphatic carbocycles. The van der Waals surface area contributed by atoms with Crippen molar-refractivity contribution in [3.05, 3.63) is 46.9 Å². The third-order valence-electron chi connectivity index (χ3n) is 4.61. The number of fused-ring (bicyclic) bond motifs is 1. The first-order valence-electron chi connectivity index (χ1n) is 10.0. The van der Waals surface area contributed by atoms with Crippen LogP contribution in [0, 0.1) is 0 Å². The highest BCUT2D eigenvalue weighted by atomic mass is 32.2. The SMILES string of the molecule is CCOc1cc(/C=C2\SC(=O)N(CC(=O)Nc3ccc4c(c3)OCO4)C2=O)ccc1OC(F)F. The molecule has 0 aromatic heterocycles. The number of amides is 3. The van der Waals surface area contributed by atoms with Gasteiger partial charge in [-0.05, 0) is 54.6 Å². The number of halogens is 2. The van der Waals surface area contributed by atoms with Crippen molar-refractivity contribution in [1.29, 1.82) is 0 Å². The fourth-order valence-corrected chi connectivity index (χ4v) is 4.02. The van der Waals surface area contributed by atoms with E-state index in [0.717, 1.165) is 4.90 Å². The maximum atomic E-state index is 12.7. The molecule has 2 aromatic carbocycles. The molecule has 9 nitrogen and oxygen atoms in total. The van der Waals surface area contributed by atoms with Crippen molar-refractivity contribution in [3.63, 3.8) is 0 Å². The maximum absolute atomic E-state index is 12.7. The third kappa shape index (κ3) is 5.22.